The number of benzene rings is 3. The Morgan fingerprint density at radius 1 is 0.692 bits per heavy atom. The van der Waals surface area contributed by atoms with Gasteiger partial charge in [-0.1, -0.05) is 6.07 Å². The Hall–Kier alpha value is -5.60. The molecule has 22 nitrogen and oxygen atoms in total. The van der Waals surface area contributed by atoms with Crippen LogP contribution in [0.25, 0.3) is 28.4 Å². The van der Waals surface area contributed by atoms with Crippen molar-refractivity contribution in [1.82, 2.24) is 0 Å². The molecule has 4 aromatic rings. The minimum absolute atomic E-state index is 0.0912. The molecule has 0 aliphatic carbocycles. The number of phenols is 3. The number of carbonyl (C=O) groups excluding carboxylic acids is 1. The summed E-state index contributed by atoms with van der Waals surface area (Å²) in [6.07, 6.45) is -22.3. The fourth-order valence-corrected chi connectivity index (χ4v) is 7.36. The van der Waals surface area contributed by atoms with Gasteiger partial charge in [0.1, 0.15) is 83.2 Å². The van der Waals surface area contributed by atoms with E-state index in [2.05, 4.69) is 0 Å². The molecular weight excluding hydrogens is 868 g/mol. The molecule has 0 spiro atoms. The third-order valence-corrected chi connectivity index (χ3v) is 11.1. The number of rotatable bonds is 12. The van der Waals surface area contributed by atoms with E-state index in [4.69, 9.17) is 42.3 Å². The van der Waals surface area contributed by atoms with Gasteiger partial charge in [0.15, 0.2) is 29.7 Å². The topological polar surface area (TPSA) is 344 Å². The molecule has 3 aliphatic rings. The first-order chi connectivity index (χ1) is 30.9. The predicted octanol–water partition coefficient (Wildman–Crippen LogP) is -0.913. The first kappa shape index (κ1) is 47.4. The first-order valence-corrected chi connectivity index (χ1v) is 20.1. The molecule has 0 amide bonds. The normalized spacial score (nSPS) is 32.9. The molecule has 3 aromatic carbocycles. The van der Waals surface area contributed by atoms with Gasteiger partial charge >= 0.3 is 5.97 Å². The van der Waals surface area contributed by atoms with Crippen molar-refractivity contribution in [3.63, 3.8) is 0 Å². The summed E-state index contributed by atoms with van der Waals surface area (Å²) in [6, 6.07) is 11.5. The van der Waals surface area contributed by atoms with E-state index >= 15 is 0 Å². The molecule has 3 saturated heterocycles. The molecule has 22 heteroatoms. The van der Waals surface area contributed by atoms with Crippen LogP contribution in [0.4, 0.5) is 0 Å². The highest BCUT2D eigenvalue weighted by Crippen LogP contribution is 2.39. The second kappa shape index (κ2) is 19.5. The van der Waals surface area contributed by atoms with Crippen LogP contribution in [-0.2, 0) is 28.5 Å². The number of hydrogen-bond acceptors (Lipinski definition) is 22. The van der Waals surface area contributed by atoms with Gasteiger partial charge < -0.3 is 98.5 Å². The SMILES string of the molecule is COc1cc(/C=C/C(=O)O[C@H]2C(CO[C@@H]3OC(C)[C@H](O)[C@H](O)C3O)O[C@@H](Oc3c(-c4ccc(O)cc4)oc4cc(O[C@@H]5OC(C)[C@H](O)[C@H](O)C5O)cc(O)c4c3=O)C(O)C2O)ccc1O. The lowest BCUT2D eigenvalue weighted by Gasteiger charge is -2.43. The summed E-state index contributed by atoms with van der Waals surface area (Å²) in [5.74, 6) is -3.36. The summed E-state index contributed by atoms with van der Waals surface area (Å²) in [5, 5.41) is 116. The van der Waals surface area contributed by atoms with Crippen LogP contribution in [0.1, 0.15) is 19.4 Å². The Labute approximate surface area is 367 Å². The van der Waals surface area contributed by atoms with Crippen molar-refractivity contribution in [2.45, 2.75) is 106 Å². The highest BCUT2D eigenvalue weighted by molar-refractivity contribution is 5.89. The van der Waals surface area contributed by atoms with E-state index in [0.29, 0.717) is 5.56 Å². The maximum atomic E-state index is 14.4. The van der Waals surface area contributed by atoms with E-state index in [1.807, 2.05) is 0 Å². The van der Waals surface area contributed by atoms with Gasteiger partial charge in [0.2, 0.25) is 23.8 Å². The van der Waals surface area contributed by atoms with Crippen LogP contribution in [-0.4, -0.2) is 168 Å². The number of phenolic OH excluding ortho intramolecular Hbond substituents is 3. The molecule has 0 saturated carbocycles. The number of fused-ring (bicyclic) bond motifs is 1. The second-order valence-corrected chi connectivity index (χ2v) is 15.6. The highest BCUT2D eigenvalue weighted by atomic mass is 16.7. The summed E-state index contributed by atoms with van der Waals surface area (Å²) in [4.78, 5) is 27.6. The second-order valence-electron chi connectivity index (χ2n) is 15.6. The quantitative estimate of drug-likeness (QED) is 0.0605. The molecule has 7 rings (SSSR count). The molecule has 352 valence electrons. The first-order valence-electron chi connectivity index (χ1n) is 20.1. The van der Waals surface area contributed by atoms with E-state index in [0.717, 1.165) is 18.2 Å². The van der Waals surface area contributed by atoms with Gasteiger partial charge in [-0.25, -0.2) is 4.79 Å². The Bertz CT molecular complexity index is 2400. The minimum Gasteiger partial charge on any atom is -0.508 e. The molecule has 4 heterocycles. The Balaban J connectivity index is 1.21. The molecule has 3 aliphatic heterocycles. The zero-order valence-electron chi connectivity index (χ0n) is 34.6. The molecule has 15 atom stereocenters. The van der Waals surface area contributed by atoms with Gasteiger partial charge in [-0.3, -0.25) is 4.79 Å². The van der Waals surface area contributed by atoms with Crippen molar-refractivity contribution in [3.8, 4) is 45.8 Å². The van der Waals surface area contributed by atoms with Crippen molar-refractivity contribution < 1.29 is 103 Å². The fourth-order valence-electron chi connectivity index (χ4n) is 7.36. The third kappa shape index (κ3) is 9.84. The zero-order chi connectivity index (χ0) is 47.0. The molecule has 11 N–H and O–H groups in total. The van der Waals surface area contributed by atoms with Gasteiger partial charge in [0.05, 0.1) is 25.9 Å². The van der Waals surface area contributed by atoms with Gasteiger partial charge in [0.25, 0.3) is 0 Å². The smallest absolute Gasteiger partial charge is 0.331 e. The minimum atomic E-state index is -2.12. The lowest BCUT2D eigenvalue weighted by Crippen LogP contribution is -2.62. The number of aliphatic hydroxyl groups is 8. The molecule has 1 aromatic heterocycles. The molecule has 0 radical (unpaired) electrons. The van der Waals surface area contributed by atoms with Gasteiger partial charge in [-0.2, -0.15) is 0 Å². The van der Waals surface area contributed by atoms with E-state index in [1.165, 1.54) is 69.5 Å². The average molecular weight is 917 g/mol. The molecule has 7 unspecified atom stereocenters. The standard InChI is InChI=1S/C43H48O22/c1-16-29(48)32(51)35(54)41(59-16)58-15-26-39(64-27(47)11-5-18-4-10-22(45)24(12-18)57-3)34(53)37(56)43(63-26)65-40-31(50)28-23(46)13-21(61-42-36(55)33(52)30(49)17(2)60-42)14-25(28)62-38(40)19-6-8-20(44)9-7-19/h4-14,16-17,26,29-30,32-37,39,41-46,48-49,51-56H,15H2,1-3H3/b11-5+/t16?,17?,26?,29-,30-,32-,33-,34?,35?,36?,37?,39-,41+,42-,43-/m0/s1. The number of carbonyl (C=O) groups is 1. The van der Waals surface area contributed by atoms with Gasteiger partial charge in [0, 0.05) is 23.8 Å². The number of aliphatic hydroxyl groups excluding tert-OH is 8. The summed E-state index contributed by atoms with van der Waals surface area (Å²) >= 11 is 0. The van der Waals surface area contributed by atoms with Crippen molar-refractivity contribution >= 4 is 23.0 Å². The van der Waals surface area contributed by atoms with Crippen molar-refractivity contribution in [2.24, 2.45) is 0 Å². The molecule has 65 heavy (non-hydrogen) atoms. The lowest BCUT2D eigenvalue weighted by atomic mass is 9.98. The number of methoxy groups -OCH3 is 1. The molecule has 0 bridgehead atoms. The number of aromatic hydroxyl groups is 3. The zero-order valence-corrected chi connectivity index (χ0v) is 34.6. The summed E-state index contributed by atoms with van der Waals surface area (Å²) in [5.41, 5.74) is -0.908. The summed E-state index contributed by atoms with van der Waals surface area (Å²) < 4.78 is 51.1. The van der Waals surface area contributed by atoms with Crippen LogP contribution in [0, 0.1) is 0 Å². The van der Waals surface area contributed by atoms with Gasteiger partial charge in [-0.05, 0) is 61.9 Å². The van der Waals surface area contributed by atoms with Crippen molar-refractivity contribution in [3.05, 3.63) is 76.5 Å². The summed E-state index contributed by atoms with van der Waals surface area (Å²) in [6.45, 7) is 2.11. The van der Waals surface area contributed by atoms with Crippen molar-refractivity contribution in [2.75, 3.05) is 13.7 Å². The van der Waals surface area contributed by atoms with Crippen LogP contribution in [0.5, 0.6) is 34.5 Å². The van der Waals surface area contributed by atoms with E-state index < -0.39 is 127 Å². The Morgan fingerprint density at radius 2 is 1.31 bits per heavy atom. The van der Waals surface area contributed by atoms with E-state index in [-0.39, 0.29) is 39.9 Å². The largest absolute Gasteiger partial charge is 0.508 e. The van der Waals surface area contributed by atoms with Crippen LogP contribution in [0.3, 0.4) is 0 Å². The predicted molar refractivity (Wildman–Crippen MR) is 217 cm³/mol. The average Bonchev–Trinajstić information content (AvgIpc) is 3.28. The lowest BCUT2D eigenvalue weighted by molar-refractivity contribution is -0.319. The van der Waals surface area contributed by atoms with Crippen molar-refractivity contribution in [1.29, 1.82) is 0 Å². The van der Waals surface area contributed by atoms with Crippen LogP contribution in [0.2, 0.25) is 0 Å². The van der Waals surface area contributed by atoms with Gasteiger partial charge in [-0.15, -0.1) is 0 Å². The number of esters is 1. The fraction of sp³-hybridized carbons (Fsp3) is 0.442. The maximum absolute atomic E-state index is 14.4. The monoisotopic (exact) mass is 916 g/mol. The van der Waals surface area contributed by atoms with Crippen LogP contribution in [0.15, 0.2) is 69.9 Å². The number of ether oxygens (including phenoxy) is 8. The summed E-state index contributed by atoms with van der Waals surface area (Å²) in [7, 11) is 1.33. The number of hydrogen-bond donors (Lipinski definition) is 11. The van der Waals surface area contributed by atoms with E-state index in [1.54, 1.807) is 0 Å². The Kier molecular flexibility index (Phi) is 14.2. The Morgan fingerprint density at radius 3 is 1.97 bits per heavy atom. The highest BCUT2D eigenvalue weighted by Gasteiger charge is 2.50. The third-order valence-electron chi connectivity index (χ3n) is 11.1. The molecular formula is C43H48O22. The van der Waals surface area contributed by atoms with Crippen LogP contribution < -0.4 is 19.6 Å². The van der Waals surface area contributed by atoms with Crippen LogP contribution >= 0.6 is 0 Å². The van der Waals surface area contributed by atoms with E-state index in [9.17, 15) is 65.8 Å². The molecule has 3 fully saturated rings. The maximum Gasteiger partial charge on any atom is 0.331 e.